The topological polar surface area (TPSA) is 58.4 Å². The highest BCUT2D eigenvalue weighted by molar-refractivity contribution is 6.07. The molecule has 3 heterocycles. The quantitative estimate of drug-likeness (QED) is 0.795. The lowest BCUT2D eigenvalue weighted by Crippen LogP contribution is -2.30. The van der Waals surface area contributed by atoms with E-state index in [-0.39, 0.29) is 5.91 Å². The Bertz CT molecular complexity index is 889. The van der Waals surface area contributed by atoms with Crippen LogP contribution in [0.1, 0.15) is 16.8 Å². The summed E-state index contributed by atoms with van der Waals surface area (Å²) < 4.78 is 5.48. The number of fused-ring (bicyclic) bond motifs is 1. The largest absolute Gasteiger partial charge is 0.463 e. The predicted molar refractivity (Wildman–Crippen MR) is 97.4 cm³/mol. The van der Waals surface area contributed by atoms with E-state index in [1.54, 1.807) is 6.26 Å². The van der Waals surface area contributed by atoms with E-state index in [0.717, 1.165) is 37.0 Å². The standard InChI is InChI=1S/C20H21N3O2/c1-21-12-14-8-9-23(13-14)20(24)16-11-18(19-7-4-10-25-19)22-17-6-3-2-5-15(16)17/h2-7,10-11,14,21H,8-9,12-13H2,1H3. The minimum atomic E-state index is 0.0741. The van der Waals surface area contributed by atoms with Crippen LogP contribution in [0.2, 0.25) is 0 Å². The highest BCUT2D eigenvalue weighted by Gasteiger charge is 2.28. The first kappa shape index (κ1) is 15.8. The van der Waals surface area contributed by atoms with Crippen molar-refractivity contribution in [2.24, 2.45) is 5.92 Å². The Hall–Kier alpha value is -2.66. The van der Waals surface area contributed by atoms with Crippen molar-refractivity contribution < 1.29 is 9.21 Å². The predicted octanol–water partition coefficient (Wildman–Crippen LogP) is 3.18. The molecule has 1 aliphatic heterocycles. The maximum atomic E-state index is 13.2. The summed E-state index contributed by atoms with van der Waals surface area (Å²) >= 11 is 0. The zero-order valence-electron chi connectivity index (χ0n) is 14.2. The minimum Gasteiger partial charge on any atom is -0.463 e. The number of aromatic nitrogens is 1. The van der Waals surface area contributed by atoms with Gasteiger partial charge >= 0.3 is 0 Å². The van der Waals surface area contributed by atoms with E-state index in [4.69, 9.17) is 4.42 Å². The highest BCUT2D eigenvalue weighted by atomic mass is 16.3. The molecule has 1 amide bonds. The van der Waals surface area contributed by atoms with Gasteiger partial charge in [0.05, 0.1) is 17.3 Å². The van der Waals surface area contributed by atoms with Crippen molar-refractivity contribution in [3.63, 3.8) is 0 Å². The third-order valence-corrected chi connectivity index (χ3v) is 4.79. The first-order chi connectivity index (χ1) is 12.3. The molecule has 1 aromatic carbocycles. The van der Waals surface area contributed by atoms with Crippen molar-refractivity contribution in [3.8, 4) is 11.5 Å². The Morgan fingerprint density at radius 1 is 1.32 bits per heavy atom. The molecule has 128 valence electrons. The Labute approximate surface area is 146 Å². The van der Waals surface area contributed by atoms with Crippen LogP contribution in [0.3, 0.4) is 0 Å². The van der Waals surface area contributed by atoms with Gasteiger partial charge in [0, 0.05) is 18.5 Å². The van der Waals surface area contributed by atoms with Crippen molar-refractivity contribution in [2.75, 3.05) is 26.7 Å². The zero-order valence-corrected chi connectivity index (χ0v) is 14.2. The van der Waals surface area contributed by atoms with Crippen molar-refractivity contribution in [1.29, 1.82) is 0 Å². The number of rotatable bonds is 4. The van der Waals surface area contributed by atoms with E-state index in [2.05, 4.69) is 10.3 Å². The number of furan rings is 1. The second-order valence-corrected chi connectivity index (χ2v) is 6.51. The number of nitrogens with zero attached hydrogens (tertiary/aromatic N) is 2. The van der Waals surface area contributed by atoms with Crippen molar-refractivity contribution in [1.82, 2.24) is 15.2 Å². The second-order valence-electron chi connectivity index (χ2n) is 6.51. The number of carbonyl (C=O) groups excluding carboxylic acids is 1. The molecule has 0 radical (unpaired) electrons. The molecular weight excluding hydrogens is 314 g/mol. The summed E-state index contributed by atoms with van der Waals surface area (Å²) in [5.74, 6) is 1.27. The summed E-state index contributed by atoms with van der Waals surface area (Å²) in [5.41, 5.74) is 2.20. The van der Waals surface area contributed by atoms with E-state index in [1.165, 1.54) is 0 Å². The number of hydrogen-bond donors (Lipinski definition) is 1. The van der Waals surface area contributed by atoms with E-state index in [9.17, 15) is 4.79 Å². The molecule has 1 unspecified atom stereocenters. The molecule has 1 aliphatic rings. The van der Waals surface area contributed by atoms with Gasteiger partial charge in [0.25, 0.3) is 5.91 Å². The lowest BCUT2D eigenvalue weighted by Gasteiger charge is -2.18. The van der Waals surface area contributed by atoms with Gasteiger partial charge in [-0.15, -0.1) is 0 Å². The Kier molecular flexibility index (Phi) is 4.24. The lowest BCUT2D eigenvalue weighted by molar-refractivity contribution is 0.0789. The number of carbonyl (C=O) groups is 1. The van der Waals surface area contributed by atoms with Crippen molar-refractivity contribution in [3.05, 3.63) is 54.3 Å². The SMILES string of the molecule is CNCC1CCN(C(=O)c2cc(-c3ccco3)nc3ccccc23)C1. The smallest absolute Gasteiger partial charge is 0.254 e. The number of amides is 1. The molecule has 5 nitrogen and oxygen atoms in total. The lowest BCUT2D eigenvalue weighted by atomic mass is 10.1. The summed E-state index contributed by atoms with van der Waals surface area (Å²) in [6.07, 6.45) is 2.66. The fourth-order valence-electron chi connectivity index (χ4n) is 3.55. The number of pyridine rings is 1. The third-order valence-electron chi connectivity index (χ3n) is 4.79. The monoisotopic (exact) mass is 335 g/mol. The van der Waals surface area contributed by atoms with E-state index >= 15 is 0 Å². The van der Waals surface area contributed by atoms with Gasteiger partial charge in [0.2, 0.25) is 0 Å². The Morgan fingerprint density at radius 2 is 2.20 bits per heavy atom. The molecule has 1 fully saturated rings. The third kappa shape index (κ3) is 3.03. The summed E-state index contributed by atoms with van der Waals surface area (Å²) in [4.78, 5) is 19.8. The number of nitrogens with one attached hydrogen (secondary N) is 1. The van der Waals surface area contributed by atoms with E-state index < -0.39 is 0 Å². The minimum absolute atomic E-state index is 0.0741. The average molecular weight is 335 g/mol. The van der Waals surface area contributed by atoms with Gasteiger partial charge in [0.15, 0.2) is 5.76 Å². The average Bonchev–Trinajstić information content (AvgIpc) is 3.32. The zero-order chi connectivity index (χ0) is 17.2. The van der Waals surface area contributed by atoms with Crippen LogP contribution in [0.25, 0.3) is 22.4 Å². The van der Waals surface area contributed by atoms with Crippen LogP contribution in [0.15, 0.2) is 53.1 Å². The Balaban J connectivity index is 1.74. The van der Waals surface area contributed by atoms with Crippen LogP contribution in [0.5, 0.6) is 0 Å². The summed E-state index contributed by atoms with van der Waals surface area (Å²) in [6.45, 7) is 2.54. The fraction of sp³-hybridized carbons (Fsp3) is 0.300. The molecular formula is C20H21N3O2. The van der Waals surface area contributed by atoms with Gasteiger partial charge in [-0.25, -0.2) is 4.98 Å². The Morgan fingerprint density at radius 3 is 3.00 bits per heavy atom. The summed E-state index contributed by atoms with van der Waals surface area (Å²) in [6, 6.07) is 13.3. The van der Waals surface area contributed by atoms with E-state index in [0.29, 0.717) is 22.9 Å². The first-order valence-electron chi connectivity index (χ1n) is 8.64. The van der Waals surface area contributed by atoms with Crippen LogP contribution < -0.4 is 5.32 Å². The highest BCUT2D eigenvalue weighted by Crippen LogP contribution is 2.27. The molecule has 5 heteroatoms. The molecule has 0 bridgehead atoms. The van der Waals surface area contributed by atoms with Gasteiger partial charge in [-0.1, -0.05) is 18.2 Å². The molecule has 25 heavy (non-hydrogen) atoms. The number of likely N-dealkylation sites (tertiary alicyclic amines) is 1. The molecule has 4 rings (SSSR count). The van der Waals surface area contributed by atoms with Gasteiger partial charge in [-0.05, 0) is 50.2 Å². The van der Waals surface area contributed by atoms with Crippen LogP contribution >= 0.6 is 0 Å². The molecule has 3 aromatic rings. The maximum Gasteiger partial charge on any atom is 0.254 e. The van der Waals surface area contributed by atoms with Crippen LogP contribution in [-0.4, -0.2) is 42.5 Å². The molecule has 0 aliphatic carbocycles. The molecule has 0 saturated carbocycles. The van der Waals surface area contributed by atoms with Gasteiger partial charge in [0.1, 0.15) is 5.69 Å². The van der Waals surface area contributed by atoms with Crippen molar-refractivity contribution in [2.45, 2.75) is 6.42 Å². The van der Waals surface area contributed by atoms with Gasteiger partial charge in [-0.2, -0.15) is 0 Å². The van der Waals surface area contributed by atoms with Crippen LogP contribution in [0.4, 0.5) is 0 Å². The molecule has 1 N–H and O–H groups in total. The fourth-order valence-corrected chi connectivity index (χ4v) is 3.55. The van der Waals surface area contributed by atoms with Gasteiger partial charge < -0.3 is 14.6 Å². The molecule has 2 aromatic heterocycles. The second kappa shape index (κ2) is 6.69. The molecule has 0 spiro atoms. The first-order valence-corrected chi connectivity index (χ1v) is 8.64. The molecule has 1 saturated heterocycles. The number of hydrogen-bond acceptors (Lipinski definition) is 4. The maximum absolute atomic E-state index is 13.2. The summed E-state index contributed by atoms with van der Waals surface area (Å²) in [5, 5.41) is 4.09. The van der Waals surface area contributed by atoms with Crippen molar-refractivity contribution >= 4 is 16.8 Å². The van der Waals surface area contributed by atoms with E-state index in [1.807, 2.05) is 54.4 Å². The normalized spacial score (nSPS) is 17.3. The number of benzene rings is 1. The van der Waals surface area contributed by atoms with Gasteiger partial charge in [-0.3, -0.25) is 4.79 Å². The summed E-state index contributed by atoms with van der Waals surface area (Å²) in [7, 11) is 1.95. The van der Waals surface area contributed by atoms with Crippen LogP contribution in [0, 0.1) is 5.92 Å². The van der Waals surface area contributed by atoms with Crippen LogP contribution in [-0.2, 0) is 0 Å². The molecule has 1 atom stereocenters. The number of para-hydroxylation sites is 1.